The summed E-state index contributed by atoms with van der Waals surface area (Å²) in [5.41, 5.74) is 2.12. The third-order valence-corrected chi connectivity index (χ3v) is 6.67. The van der Waals surface area contributed by atoms with E-state index in [9.17, 15) is 9.59 Å². The Morgan fingerprint density at radius 2 is 1.81 bits per heavy atom. The molecule has 0 radical (unpaired) electrons. The molecule has 8 heteroatoms. The number of thiazole rings is 1. The molecule has 5 nitrogen and oxygen atoms in total. The van der Waals surface area contributed by atoms with Gasteiger partial charge in [0, 0.05) is 16.3 Å². The van der Waals surface area contributed by atoms with Gasteiger partial charge in [-0.05, 0) is 54.6 Å². The van der Waals surface area contributed by atoms with Crippen LogP contribution in [0.25, 0.3) is 10.2 Å². The lowest BCUT2D eigenvalue weighted by Gasteiger charge is -2.07. The van der Waals surface area contributed by atoms with Crippen LogP contribution in [0.15, 0.2) is 77.1 Å². The third-order valence-electron chi connectivity index (χ3n) is 4.26. The van der Waals surface area contributed by atoms with E-state index in [1.54, 1.807) is 42.5 Å². The number of carbonyl (C=O) groups excluding carboxylic acids is 2. The average molecular weight is 469 g/mol. The number of para-hydroxylation sites is 1. The molecule has 4 rings (SSSR count). The lowest BCUT2D eigenvalue weighted by atomic mass is 10.1. The fourth-order valence-electron chi connectivity index (χ4n) is 2.75. The van der Waals surface area contributed by atoms with E-state index in [4.69, 9.17) is 16.3 Å². The summed E-state index contributed by atoms with van der Waals surface area (Å²) < 4.78 is 7.20. The van der Waals surface area contributed by atoms with Gasteiger partial charge < -0.3 is 10.1 Å². The maximum Gasteiger partial charge on any atom is 0.262 e. The molecule has 4 aromatic rings. The Labute approximate surface area is 192 Å². The molecule has 0 aliphatic heterocycles. The first-order valence-electron chi connectivity index (χ1n) is 9.37. The van der Waals surface area contributed by atoms with Crippen molar-refractivity contribution in [3.05, 3.63) is 83.4 Å². The summed E-state index contributed by atoms with van der Waals surface area (Å²) in [7, 11) is 0. The van der Waals surface area contributed by atoms with Gasteiger partial charge in [-0.1, -0.05) is 41.6 Å². The molecule has 0 fully saturated rings. The number of hydrogen-bond donors (Lipinski definition) is 1. The number of nitrogens with one attached hydrogen (secondary N) is 1. The minimum absolute atomic E-state index is 0.0206. The number of halogens is 1. The number of ether oxygens (including phenoxy) is 1. The Kier molecular flexibility index (Phi) is 6.86. The third kappa shape index (κ3) is 5.85. The molecule has 1 N–H and O–H groups in total. The summed E-state index contributed by atoms with van der Waals surface area (Å²) in [6.45, 7) is -0.0708. The number of Topliss-reactive ketones (excluding diaryl/α,β-unsaturated/α-hetero) is 1. The number of hydrogen-bond acceptors (Lipinski definition) is 6. The fourth-order valence-corrected chi connectivity index (χ4v) is 4.88. The first kappa shape index (κ1) is 21.4. The van der Waals surface area contributed by atoms with Crippen molar-refractivity contribution in [2.24, 2.45) is 0 Å². The van der Waals surface area contributed by atoms with E-state index >= 15 is 0 Å². The predicted octanol–water partition coefficient (Wildman–Crippen LogP) is 5.94. The smallest absolute Gasteiger partial charge is 0.262 e. The van der Waals surface area contributed by atoms with Crippen LogP contribution in [-0.4, -0.2) is 29.0 Å². The van der Waals surface area contributed by atoms with Crippen LogP contribution in [0.2, 0.25) is 5.02 Å². The van der Waals surface area contributed by atoms with E-state index in [1.807, 2.05) is 30.3 Å². The van der Waals surface area contributed by atoms with Crippen molar-refractivity contribution < 1.29 is 14.3 Å². The van der Waals surface area contributed by atoms with Crippen LogP contribution < -0.4 is 10.1 Å². The fraction of sp³-hybridized carbons (Fsp3) is 0.0870. The molecule has 3 aromatic carbocycles. The molecule has 1 amide bonds. The van der Waals surface area contributed by atoms with Gasteiger partial charge in [-0.3, -0.25) is 9.59 Å². The molecule has 31 heavy (non-hydrogen) atoms. The topological polar surface area (TPSA) is 68.3 Å². The highest BCUT2D eigenvalue weighted by Crippen LogP contribution is 2.31. The van der Waals surface area contributed by atoms with Crippen molar-refractivity contribution in [2.45, 2.75) is 4.34 Å². The molecule has 0 atom stereocenters. The Hall–Kier alpha value is -2.87. The average Bonchev–Trinajstić information content (AvgIpc) is 3.19. The van der Waals surface area contributed by atoms with E-state index < -0.39 is 0 Å². The van der Waals surface area contributed by atoms with E-state index in [1.165, 1.54) is 23.1 Å². The van der Waals surface area contributed by atoms with Crippen molar-refractivity contribution in [1.82, 2.24) is 4.98 Å². The van der Waals surface area contributed by atoms with Gasteiger partial charge in [0.15, 0.2) is 16.7 Å². The number of ketones is 1. The molecular weight excluding hydrogens is 452 g/mol. The summed E-state index contributed by atoms with van der Waals surface area (Å²) in [6, 6.07) is 21.6. The van der Waals surface area contributed by atoms with Crippen LogP contribution in [0.3, 0.4) is 0 Å². The second-order valence-electron chi connectivity index (χ2n) is 6.53. The molecule has 0 aliphatic rings. The standard InChI is InChI=1S/C23H17ClN2O3S2/c24-16-8-6-15(7-9-16)20(27)14-30-23-26-19-11-10-17(12-21(19)31-23)25-22(28)13-29-18-4-2-1-3-5-18/h1-12H,13-14H2,(H,25,28). The van der Waals surface area contributed by atoms with E-state index in [-0.39, 0.29) is 18.3 Å². The van der Waals surface area contributed by atoms with Gasteiger partial charge in [0.25, 0.3) is 5.91 Å². The minimum Gasteiger partial charge on any atom is -0.484 e. The SMILES string of the molecule is O=C(COc1ccccc1)Nc1ccc2nc(SCC(=O)c3ccc(Cl)cc3)sc2c1. The Morgan fingerprint density at radius 1 is 1.03 bits per heavy atom. The molecule has 0 saturated heterocycles. The molecule has 0 unspecified atom stereocenters. The lowest BCUT2D eigenvalue weighted by molar-refractivity contribution is -0.118. The number of nitrogens with zero attached hydrogens (tertiary/aromatic N) is 1. The van der Waals surface area contributed by atoms with Crippen LogP contribution in [0.5, 0.6) is 5.75 Å². The maximum absolute atomic E-state index is 12.3. The van der Waals surface area contributed by atoms with Crippen LogP contribution in [-0.2, 0) is 4.79 Å². The van der Waals surface area contributed by atoms with Gasteiger partial charge in [0.2, 0.25) is 0 Å². The van der Waals surface area contributed by atoms with Crippen LogP contribution in [0.4, 0.5) is 5.69 Å². The van der Waals surface area contributed by atoms with Crippen molar-refractivity contribution in [1.29, 1.82) is 0 Å². The Balaban J connectivity index is 1.34. The van der Waals surface area contributed by atoms with Gasteiger partial charge in [0.05, 0.1) is 16.0 Å². The van der Waals surface area contributed by atoms with Crippen LogP contribution in [0, 0.1) is 0 Å². The highest BCUT2D eigenvalue weighted by molar-refractivity contribution is 8.01. The molecule has 1 heterocycles. The first-order valence-corrected chi connectivity index (χ1v) is 11.5. The largest absolute Gasteiger partial charge is 0.484 e. The molecule has 1 aromatic heterocycles. The predicted molar refractivity (Wildman–Crippen MR) is 127 cm³/mol. The number of benzene rings is 3. The quantitative estimate of drug-likeness (QED) is 0.256. The molecule has 0 spiro atoms. The number of fused-ring (bicyclic) bond motifs is 1. The number of carbonyl (C=O) groups is 2. The number of thioether (sulfide) groups is 1. The first-order chi connectivity index (χ1) is 15.1. The van der Waals surface area contributed by atoms with Crippen molar-refractivity contribution in [3.8, 4) is 5.75 Å². The van der Waals surface area contributed by atoms with Crippen molar-refractivity contribution in [3.63, 3.8) is 0 Å². The summed E-state index contributed by atoms with van der Waals surface area (Å²) in [4.78, 5) is 29.1. The number of anilines is 1. The summed E-state index contributed by atoms with van der Waals surface area (Å²) in [5.74, 6) is 0.718. The van der Waals surface area contributed by atoms with E-state index in [0.717, 1.165) is 14.6 Å². The van der Waals surface area contributed by atoms with Crippen LogP contribution in [0.1, 0.15) is 10.4 Å². The monoisotopic (exact) mass is 468 g/mol. The molecule has 0 saturated carbocycles. The maximum atomic E-state index is 12.3. The number of aromatic nitrogens is 1. The highest BCUT2D eigenvalue weighted by Gasteiger charge is 2.11. The van der Waals surface area contributed by atoms with E-state index in [2.05, 4.69) is 10.3 Å². The Bertz CT molecular complexity index is 1210. The van der Waals surface area contributed by atoms with Gasteiger partial charge in [-0.2, -0.15) is 0 Å². The number of amides is 1. The second-order valence-corrected chi connectivity index (χ2v) is 9.22. The highest BCUT2D eigenvalue weighted by atomic mass is 35.5. The van der Waals surface area contributed by atoms with Crippen molar-refractivity contribution >= 4 is 62.3 Å². The van der Waals surface area contributed by atoms with Gasteiger partial charge in [0.1, 0.15) is 5.75 Å². The minimum atomic E-state index is -0.240. The van der Waals surface area contributed by atoms with E-state index in [0.29, 0.717) is 27.8 Å². The second kappa shape index (κ2) is 9.96. The zero-order valence-corrected chi connectivity index (χ0v) is 18.6. The van der Waals surface area contributed by atoms with Gasteiger partial charge >= 0.3 is 0 Å². The molecule has 0 bridgehead atoms. The zero-order chi connectivity index (χ0) is 21.6. The molecule has 0 aliphatic carbocycles. The number of rotatable bonds is 8. The van der Waals surface area contributed by atoms with Crippen molar-refractivity contribution in [2.75, 3.05) is 17.7 Å². The zero-order valence-electron chi connectivity index (χ0n) is 16.2. The van der Waals surface area contributed by atoms with Crippen LogP contribution >= 0.6 is 34.7 Å². The molecular formula is C23H17ClN2O3S2. The summed E-state index contributed by atoms with van der Waals surface area (Å²) >= 11 is 8.75. The van der Waals surface area contributed by atoms with Gasteiger partial charge in [-0.25, -0.2) is 4.98 Å². The summed E-state index contributed by atoms with van der Waals surface area (Å²) in [6.07, 6.45) is 0. The Morgan fingerprint density at radius 3 is 2.58 bits per heavy atom. The normalized spacial score (nSPS) is 10.7. The molecule has 156 valence electrons. The summed E-state index contributed by atoms with van der Waals surface area (Å²) in [5, 5.41) is 3.43. The lowest BCUT2D eigenvalue weighted by Crippen LogP contribution is -2.20. The van der Waals surface area contributed by atoms with Gasteiger partial charge in [-0.15, -0.1) is 11.3 Å².